The van der Waals surface area contributed by atoms with Crippen LogP contribution in [0.25, 0.3) is 0 Å². The number of hydrogen-bond acceptors (Lipinski definition) is 4. The van der Waals surface area contributed by atoms with Crippen LogP contribution in [0, 0.1) is 0 Å². The Hall–Kier alpha value is -1.60. The highest BCUT2D eigenvalue weighted by atomic mass is 79.9. The van der Waals surface area contributed by atoms with Gasteiger partial charge in [-0.3, -0.25) is 4.79 Å². The number of benzene rings is 1. The maximum atomic E-state index is 11.4. The Morgan fingerprint density at radius 1 is 1.42 bits per heavy atom. The Labute approximate surface area is 118 Å². The highest BCUT2D eigenvalue weighted by Crippen LogP contribution is 2.23. The van der Waals surface area contributed by atoms with Crippen molar-refractivity contribution >= 4 is 27.8 Å². The molecule has 0 aliphatic heterocycles. The SMILES string of the molecule is COCCNC(=O)COc1ccc(Br)cc1C(=O)O. The number of ether oxygens (including phenoxy) is 2. The van der Waals surface area contributed by atoms with Crippen LogP contribution in [0.4, 0.5) is 0 Å². The van der Waals surface area contributed by atoms with Crippen LogP contribution in [0.15, 0.2) is 22.7 Å². The van der Waals surface area contributed by atoms with Gasteiger partial charge in [0.15, 0.2) is 6.61 Å². The van der Waals surface area contributed by atoms with Gasteiger partial charge in [-0.05, 0) is 18.2 Å². The maximum absolute atomic E-state index is 11.4. The summed E-state index contributed by atoms with van der Waals surface area (Å²) in [6.07, 6.45) is 0. The fraction of sp³-hybridized carbons (Fsp3) is 0.333. The average Bonchev–Trinajstić information content (AvgIpc) is 2.37. The molecule has 104 valence electrons. The molecule has 19 heavy (non-hydrogen) atoms. The Balaban J connectivity index is 2.57. The van der Waals surface area contributed by atoms with E-state index >= 15 is 0 Å². The quantitative estimate of drug-likeness (QED) is 0.735. The molecule has 1 aromatic rings. The molecule has 0 fully saturated rings. The molecule has 2 N–H and O–H groups in total. The van der Waals surface area contributed by atoms with E-state index in [9.17, 15) is 9.59 Å². The second-order valence-corrected chi connectivity index (χ2v) is 4.49. The lowest BCUT2D eigenvalue weighted by molar-refractivity contribution is -0.123. The molecule has 0 aromatic heterocycles. The van der Waals surface area contributed by atoms with Gasteiger partial charge < -0.3 is 19.9 Å². The van der Waals surface area contributed by atoms with Gasteiger partial charge in [0.05, 0.1) is 6.61 Å². The summed E-state index contributed by atoms with van der Waals surface area (Å²) in [5, 5.41) is 11.6. The first-order valence-corrected chi connectivity index (χ1v) is 6.25. The van der Waals surface area contributed by atoms with E-state index < -0.39 is 5.97 Å². The molecule has 1 rings (SSSR count). The van der Waals surface area contributed by atoms with Crippen LogP contribution in [0.5, 0.6) is 5.75 Å². The van der Waals surface area contributed by atoms with E-state index in [-0.39, 0.29) is 23.8 Å². The van der Waals surface area contributed by atoms with Gasteiger partial charge in [0, 0.05) is 18.1 Å². The zero-order valence-corrected chi connectivity index (χ0v) is 11.9. The maximum Gasteiger partial charge on any atom is 0.339 e. The topological polar surface area (TPSA) is 84.9 Å². The van der Waals surface area contributed by atoms with Gasteiger partial charge >= 0.3 is 5.97 Å². The number of rotatable bonds is 7. The zero-order chi connectivity index (χ0) is 14.3. The molecule has 6 nitrogen and oxygen atoms in total. The molecule has 0 saturated carbocycles. The van der Waals surface area contributed by atoms with Crippen LogP contribution in [0.2, 0.25) is 0 Å². The average molecular weight is 332 g/mol. The van der Waals surface area contributed by atoms with Gasteiger partial charge in [0.1, 0.15) is 11.3 Å². The van der Waals surface area contributed by atoms with Gasteiger partial charge in [-0.2, -0.15) is 0 Å². The minimum Gasteiger partial charge on any atom is -0.483 e. The predicted octanol–water partition coefficient (Wildman–Crippen LogP) is 1.29. The second-order valence-electron chi connectivity index (χ2n) is 3.58. The van der Waals surface area contributed by atoms with Crippen molar-refractivity contribution in [1.29, 1.82) is 0 Å². The fourth-order valence-electron chi connectivity index (χ4n) is 1.28. The van der Waals surface area contributed by atoms with E-state index in [0.29, 0.717) is 17.6 Å². The van der Waals surface area contributed by atoms with E-state index in [1.165, 1.54) is 19.2 Å². The Bertz CT molecular complexity index is 463. The first kappa shape index (κ1) is 15.5. The molecule has 0 radical (unpaired) electrons. The molecule has 1 amide bonds. The number of halogens is 1. The predicted molar refractivity (Wildman–Crippen MR) is 71.5 cm³/mol. The van der Waals surface area contributed by atoms with Crippen LogP contribution in [-0.2, 0) is 9.53 Å². The molecule has 0 heterocycles. The smallest absolute Gasteiger partial charge is 0.339 e. The summed E-state index contributed by atoms with van der Waals surface area (Å²) in [7, 11) is 1.53. The van der Waals surface area contributed by atoms with Gasteiger partial charge in [0.2, 0.25) is 0 Å². The van der Waals surface area contributed by atoms with Crippen molar-refractivity contribution in [1.82, 2.24) is 5.32 Å². The molecular weight excluding hydrogens is 318 g/mol. The number of carboxylic acids is 1. The van der Waals surface area contributed by atoms with Gasteiger partial charge in [-0.15, -0.1) is 0 Å². The molecule has 0 spiro atoms. The number of hydrogen-bond donors (Lipinski definition) is 2. The van der Waals surface area contributed by atoms with E-state index in [1.54, 1.807) is 6.07 Å². The summed E-state index contributed by atoms with van der Waals surface area (Å²) >= 11 is 3.17. The standard InChI is InChI=1S/C12H14BrNO5/c1-18-5-4-14-11(15)7-19-10-3-2-8(13)6-9(10)12(16)17/h2-3,6H,4-5,7H2,1H3,(H,14,15)(H,16,17). The lowest BCUT2D eigenvalue weighted by Crippen LogP contribution is -2.31. The third-order valence-electron chi connectivity index (χ3n) is 2.16. The molecular formula is C12H14BrNO5. The summed E-state index contributed by atoms with van der Waals surface area (Å²) in [5.41, 5.74) is -0.000864. The number of methoxy groups -OCH3 is 1. The minimum absolute atomic E-state index is 0.000864. The zero-order valence-electron chi connectivity index (χ0n) is 10.3. The van der Waals surface area contributed by atoms with Gasteiger partial charge in [-0.25, -0.2) is 4.79 Å². The summed E-state index contributed by atoms with van der Waals surface area (Å²) in [4.78, 5) is 22.4. The summed E-state index contributed by atoms with van der Waals surface area (Å²) < 4.78 is 10.6. The van der Waals surface area contributed by atoms with Gasteiger partial charge in [0.25, 0.3) is 5.91 Å². The molecule has 0 bridgehead atoms. The Kier molecular flexibility index (Phi) is 6.31. The first-order valence-electron chi connectivity index (χ1n) is 5.46. The summed E-state index contributed by atoms with van der Waals surface area (Å²) in [6.45, 7) is 0.543. The lowest BCUT2D eigenvalue weighted by atomic mass is 10.2. The number of carbonyl (C=O) groups is 2. The number of amides is 1. The van der Waals surface area contributed by atoms with Gasteiger partial charge in [-0.1, -0.05) is 15.9 Å². The molecule has 7 heteroatoms. The monoisotopic (exact) mass is 331 g/mol. The number of nitrogens with one attached hydrogen (secondary N) is 1. The van der Waals surface area contributed by atoms with Crippen molar-refractivity contribution < 1.29 is 24.2 Å². The summed E-state index contributed by atoms with van der Waals surface area (Å²) in [6, 6.07) is 4.56. The number of carbonyl (C=O) groups excluding carboxylic acids is 1. The van der Waals surface area contributed by atoms with Crippen molar-refractivity contribution in [3.63, 3.8) is 0 Å². The van der Waals surface area contributed by atoms with Crippen LogP contribution in [-0.4, -0.2) is 43.9 Å². The molecule has 0 saturated heterocycles. The fourth-order valence-corrected chi connectivity index (χ4v) is 1.64. The Morgan fingerprint density at radius 2 is 2.16 bits per heavy atom. The van der Waals surface area contributed by atoms with E-state index in [2.05, 4.69) is 21.2 Å². The second kappa shape index (κ2) is 7.75. The number of carboxylic acid groups (broad SMARTS) is 1. The molecule has 0 unspecified atom stereocenters. The highest BCUT2D eigenvalue weighted by molar-refractivity contribution is 9.10. The highest BCUT2D eigenvalue weighted by Gasteiger charge is 2.13. The molecule has 1 aromatic carbocycles. The third kappa shape index (κ3) is 5.27. The van der Waals surface area contributed by atoms with Crippen molar-refractivity contribution in [2.75, 3.05) is 26.9 Å². The van der Waals surface area contributed by atoms with Crippen LogP contribution in [0.1, 0.15) is 10.4 Å². The molecule has 0 aliphatic carbocycles. The number of aromatic carboxylic acids is 1. The molecule has 0 aliphatic rings. The first-order chi connectivity index (χ1) is 9.04. The summed E-state index contributed by atoms with van der Waals surface area (Å²) in [5.74, 6) is -1.30. The van der Waals surface area contributed by atoms with Crippen LogP contribution < -0.4 is 10.1 Å². The molecule has 0 atom stereocenters. The van der Waals surface area contributed by atoms with E-state index in [1.807, 2.05) is 0 Å². The largest absolute Gasteiger partial charge is 0.483 e. The minimum atomic E-state index is -1.11. The van der Waals surface area contributed by atoms with Crippen molar-refractivity contribution in [2.45, 2.75) is 0 Å². The normalized spacial score (nSPS) is 10.0. The van der Waals surface area contributed by atoms with Crippen molar-refractivity contribution in [3.8, 4) is 5.75 Å². The third-order valence-corrected chi connectivity index (χ3v) is 2.65. The van der Waals surface area contributed by atoms with Crippen molar-refractivity contribution in [3.05, 3.63) is 28.2 Å². The Morgan fingerprint density at radius 3 is 2.79 bits per heavy atom. The van der Waals surface area contributed by atoms with Crippen molar-refractivity contribution in [2.24, 2.45) is 0 Å². The van der Waals surface area contributed by atoms with Crippen LogP contribution in [0.3, 0.4) is 0 Å². The van der Waals surface area contributed by atoms with Crippen LogP contribution >= 0.6 is 15.9 Å². The van der Waals surface area contributed by atoms with E-state index in [0.717, 1.165) is 0 Å². The lowest BCUT2D eigenvalue weighted by Gasteiger charge is -2.09. The van der Waals surface area contributed by atoms with E-state index in [4.69, 9.17) is 14.6 Å².